The van der Waals surface area contributed by atoms with Crippen LogP contribution in [0.25, 0.3) is 0 Å². The molecule has 1 unspecified atom stereocenters. The predicted molar refractivity (Wildman–Crippen MR) is 80.4 cm³/mol. The molecule has 0 spiro atoms. The smallest absolute Gasteiger partial charge is 0.129 e. The fraction of sp³-hybridized carbons (Fsp3) is 0.667. The van der Waals surface area contributed by atoms with Gasteiger partial charge >= 0.3 is 0 Å². The number of nitrogens with one attached hydrogen (secondary N) is 1. The molecule has 1 aliphatic rings. The summed E-state index contributed by atoms with van der Waals surface area (Å²) in [6.07, 6.45) is 5.75. The van der Waals surface area contributed by atoms with Crippen molar-refractivity contribution in [2.45, 2.75) is 51.7 Å². The minimum absolute atomic E-state index is 0.538. The summed E-state index contributed by atoms with van der Waals surface area (Å²) in [6, 6.07) is 5.19. The summed E-state index contributed by atoms with van der Waals surface area (Å²) in [5.74, 6) is 0. The first-order valence-corrected chi connectivity index (χ1v) is 7.61. The van der Waals surface area contributed by atoms with Gasteiger partial charge in [0, 0.05) is 31.4 Å². The predicted octanol–water partition coefficient (Wildman–Crippen LogP) is 3.09. The molecule has 1 fully saturated rings. The highest BCUT2D eigenvalue weighted by molar-refractivity contribution is 6.29. The fourth-order valence-corrected chi connectivity index (χ4v) is 2.79. The molecule has 2 rings (SSSR count). The summed E-state index contributed by atoms with van der Waals surface area (Å²) >= 11 is 5.96. The van der Waals surface area contributed by atoms with E-state index in [0.717, 1.165) is 19.6 Å². The summed E-state index contributed by atoms with van der Waals surface area (Å²) in [7, 11) is 0. The van der Waals surface area contributed by atoms with Gasteiger partial charge in [-0.2, -0.15) is 0 Å². The summed E-state index contributed by atoms with van der Waals surface area (Å²) in [4.78, 5) is 6.55. The largest absolute Gasteiger partial charge is 0.313 e. The van der Waals surface area contributed by atoms with E-state index in [1.54, 1.807) is 6.20 Å². The van der Waals surface area contributed by atoms with Gasteiger partial charge in [0.1, 0.15) is 5.15 Å². The first-order chi connectivity index (χ1) is 9.15. The highest BCUT2D eigenvalue weighted by Gasteiger charge is 2.18. The molecular weight excluding hydrogens is 258 g/mol. The third kappa shape index (κ3) is 4.75. The van der Waals surface area contributed by atoms with E-state index in [4.69, 9.17) is 11.6 Å². The minimum Gasteiger partial charge on any atom is -0.313 e. The maximum absolute atomic E-state index is 5.96. The normalized spacial score (nSPS) is 20.2. The standard InChI is InChI=1S/C15H24ClN3/c1-12(2)19(11-14-5-3-4-7-17-14)10-13-6-8-18-15(16)9-13/h6,8-9,12,14,17H,3-5,7,10-11H2,1-2H3. The maximum Gasteiger partial charge on any atom is 0.129 e. The summed E-state index contributed by atoms with van der Waals surface area (Å²) < 4.78 is 0. The van der Waals surface area contributed by atoms with Crippen molar-refractivity contribution in [1.82, 2.24) is 15.2 Å². The molecule has 1 aliphatic heterocycles. The van der Waals surface area contributed by atoms with Gasteiger partial charge in [-0.15, -0.1) is 0 Å². The van der Waals surface area contributed by atoms with Gasteiger partial charge in [0.05, 0.1) is 0 Å². The average molecular weight is 282 g/mol. The molecule has 0 amide bonds. The van der Waals surface area contributed by atoms with Gasteiger partial charge in [0.25, 0.3) is 0 Å². The van der Waals surface area contributed by atoms with E-state index >= 15 is 0 Å². The third-order valence-electron chi connectivity index (χ3n) is 3.77. The highest BCUT2D eigenvalue weighted by Crippen LogP contribution is 2.15. The van der Waals surface area contributed by atoms with E-state index in [1.165, 1.54) is 24.8 Å². The Kier molecular flexibility index (Phi) is 5.61. The van der Waals surface area contributed by atoms with E-state index in [1.807, 2.05) is 6.07 Å². The van der Waals surface area contributed by atoms with Crippen molar-refractivity contribution in [3.05, 3.63) is 29.0 Å². The van der Waals surface area contributed by atoms with Gasteiger partial charge < -0.3 is 5.32 Å². The van der Waals surface area contributed by atoms with Crippen LogP contribution in [0.2, 0.25) is 5.15 Å². The van der Waals surface area contributed by atoms with Crippen LogP contribution in [0.4, 0.5) is 0 Å². The zero-order valence-corrected chi connectivity index (χ0v) is 12.7. The summed E-state index contributed by atoms with van der Waals surface area (Å²) in [5, 5.41) is 4.20. The number of hydrogen-bond donors (Lipinski definition) is 1. The molecule has 2 heterocycles. The van der Waals surface area contributed by atoms with Crippen LogP contribution in [0.1, 0.15) is 38.7 Å². The maximum atomic E-state index is 5.96. The Labute approximate surface area is 121 Å². The van der Waals surface area contributed by atoms with E-state index < -0.39 is 0 Å². The molecule has 0 saturated carbocycles. The number of piperidine rings is 1. The first-order valence-electron chi connectivity index (χ1n) is 7.23. The lowest BCUT2D eigenvalue weighted by atomic mass is 10.0. The van der Waals surface area contributed by atoms with Crippen molar-refractivity contribution in [1.29, 1.82) is 0 Å². The van der Waals surface area contributed by atoms with E-state index in [0.29, 0.717) is 17.2 Å². The monoisotopic (exact) mass is 281 g/mol. The molecular formula is C15H24ClN3. The van der Waals surface area contributed by atoms with Crippen molar-refractivity contribution in [3.8, 4) is 0 Å². The minimum atomic E-state index is 0.538. The van der Waals surface area contributed by atoms with Crippen molar-refractivity contribution in [3.63, 3.8) is 0 Å². The molecule has 106 valence electrons. The fourth-order valence-electron chi connectivity index (χ4n) is 2.60. The van der Waals surface area contributed by atoms with Crippen LogP contribution >= 0.6 is 11.6 Å². The molecule has 1 atom stereocenters. The molecule has 1 aromatic heterocycles. The SMILES string of the molecule is CC(C)N(Cc1ccnc(Cl)c1)CC1CCCCN1. The van der Waals surface area contributed by atoms with E-state index in [-0.39, 0.29) is 0 Å². The quantitative estimate of drug-likeness (QED) is 0.841. The van der Waals surface area contributed by atoms with E-state index in [2.05, 4.69) is 35.1 Å². The molecule has 1 saturated heterocycles. The Morgan fingerprint density at radius 2 is 2.32 bits per heavy atom. The van der Waals surface area contributed by atoms with Gasteiger partial charge in [-0.3, -0.25) is 4.90 Å². The lowest BCUT2D eigenvalue weighted by Crippen LogP contribution is -2.45. The molecule has 0 aliphatic carbocycles. The lowest BCUT2D eigenvalue weighted by molar-refractivity contribution is 0.177. The summed E-state index contributed by atoms with van der Waals surface area (Å²) in [6.45, 7) is 7.73. The van der Waals surface area contributed by atoms with Crippen LogP contribution in [-0.2, 0) is 6.54 Å². The van der Waals surface area contributed by atoms with E-state index in [9.17, 15) is 0 Å². The van der Waals surface area contributed by atoms with Crippen molar-refractivity contribution >= 4 is 11.6 Å². The molecule has 4 heteroatoms. The van der Waals surface area contributed by atoms with Crippen LogP contribution in [0.3, 0.4) is 0 Å². The van der Waals surface area contributed by atoms with Crippen LogP contribution < -0.4 is 5.32 Å². The number of halogens is 1. The number of pyridine rings is 1. The van der Waals surface area contributed by atoms with Crippen molar-refractivity contribution in [2.24, 2.45) is 0 Å². The Morgan fingerprint density at radius 3 is 2.95 bits per heavy atom. The highest BCUT2D eigenvalue weighted by atomic mass is 35.5. The zero-order valence-electron chi connectivity index (χ0n) is 11.9. The van der Waals surface area contributed by atoms with Gasteiger partial charge in [0.15, 0.2) is 0 Å². The zero-order chi connectivity index (χ0) is 13.7. The average Bonchev–Trinajstić information content (AvgIpc) is 2.39. The van der Waals surface area contributed by atoms with Crippen LogP contribution in [0.15, 0.2) is 18.3 Å². The third-order valence-corrected chi connectivity index (χ3v) is 3.98. The Hall–Kier alpha value is -0.640. The van der Waals surface area contributed by atoms with Crippen LogP contribution in [0, 0.1) is 0 Å². The second kappa shape index (κ2) is 7.22. The molecule has 0 bridgehead atoms. The van der Waals surface area contributed by atoms with Gasteiger partial charge in [-0.05, 0) is 50.9 Å². The molecule has 3 nitrogen and oxygen atoms in total. The Morgan fingerprint density at radius 1 is 1.47 bits per heavy atom. The second-order valence-electron chi connectivity index (χ2n) is 5.66. The second-order valence-corrected chi connectivity index (χ2v) is 6.04. The molecule has 1 N–H and O–H groups in total. The van der Waals surface area contributed by atoms with Crippen LogP contribution in [-0.4, -0.2) is 35.1 Å². The Bertz CT molecular complexity index is 389. The van der Waals surface area contributed by atoms with Gasteiger partial charge in [-0.25, -0.2) is 4.98 Å². The van der Waals surface area contributed by atoms with Gasteiger partial charge in [0.2, 0.25) is 0 Å². The van der Waals surface area contributed by atoms with Crippen molar-refractivity contribution < 1.29 is 0 Å². The topological polar surface area (TPSA) is 28.2 Å². The number of hydrogen-bond acceptors (Lipinski definition) is 3. The molecule has 0 radical (unpaired) electrons. The summed E-state index contributed by atoms with van der Waals surface area (Å²) in [5.41, 5.74) is 1.24. The van der Waals surface area contributed by atoms with Gasteiger partial charge in [-0.1, -0.05) is 18.0 Å². The number of aromatic nitrogens is 1. The lowest BCUT2D eigenvalue weighted by Gasteiger charge is -2.33. The molecule has 19 heavy (non-hydrogen) atoms. The molecule has 1 aromatic rings. The van der Waals surface area contributed by atoms with Crippen LogP contribution in [0.5, 0.6) is 0 Å². The van der Waals surface area contributed by atoms with Crippen molar-refractivity contribution in [2.75, 3.05) is 13.1 Å². The number of rotatable bonds is 5. The number of nitrogens with zero attached hydrogens (tertiary/aromatic N) is 2. The first kappa shape index (κ1) is 14.8. The Balaban J connectivity index is 1.95. The molecule has 0 aromatic carbocycles.